The van der Waals surface area contributed by atoms with Gasteiger partial charge >= 0.3 is 0 Å². The predicted molar refractivity (Wildman–Crippen MR) is 50.5 cm³/mol. The highest BCUT2D eigenvalue weighted by molar-refractivity contribution is 4.72. The Hall–Kier alpha value is -0.120. The normalized spacial score (nSPS) is 28.6. The molecule has 2 heterocycles. The summed E-state index contributed by atoms with van der Waals surface area (Å²) in [6, 6.07) is 0. The van der Waals surface area contributed by atoms with E-state index in [4.69, 9.17) is 9.47 Å². The highest BCUT2D eigenvalue weighted by Crippen LogP contribution is 2.22. The lowest BCUT2D eigenvalue weighted by atomic mass is 9.97. The Labute approximate surface area is 79.8 Å². The molecule has 0 atom stereocenters. The second-order valence-electron chi connectivity index (χ2n) is 3.90. The van der Waals surface area contributed by atoms with E-state index in [1.807, 2.05) is 0 Å². The molecule has 0 saturated carbocycles. The quantitative estimate of drug-likeness (QED) is 0.664. The topological polar surface area (TPSA) is 30.5 Å². The Morgan fingerprint density at radius 3 is 2.15 bits per heavy atom. The molecule has 0 spiro atoms. The van der Waals surface area contributed by atoms with Gasteiger partial charge in [0.2, 0.25) is 0 Å². The fourth-order valence-corrected chi connectivity index (χ4v) is 2.04. The molecule has 2 saturated heterocycles. The molecule has 76 valence electrons. The van der Waals surface area contributed by atoms with Crippen molar-refractivity contribution in [2.75, 3.05) is 26.3 Å². The van der Waals surface area contributed by atoms with Crippen LogP contribution in [0.15, 0.2) is 0 Å². The minimum atomic E-state index is 0.0876. The molecule has 3 nitrogen and oxygen atoms in total. The lowest BCUT2D eigenvalue weighted by molar-refractivity contribution is -0.162. The molecule has 2 fully saturated rings. The Bertz CT molecular complexity index is 138. The first-order valence-electron chi connectivity index (χ1n) is 5.41. The maximum Gasteiger partial charge on any atom is 0.160 e. The lowest BCUT2D eigenvalue weighted by Crippen LogP contribution is -2.36. The number of ether oxygens (including phenoxy) is 2. The van der Waals surface area contributed by atoms with Crippen LogP contribution in [0.2, 0.25) is 0 Å². The highest BCUT2D eigenvalue weighted by Gasteiger charge is 2.25. The van der Waals surface area contributed by atoms with Crippen LogP contribution in [0, 0.1) is 5.92 Å². The van der Waals surface area contributed by atoms with Crippen molar-refractivity contribution in [1.29, 1.82) is 0 Å². The molecule has 0 aromatic heterocycles. The minimum absolute atomic E-state index is 0.0876. The van der Waals surface area contributed by atoms with E-state index in [-0.39, 0.29) is 6.29 Å². The largest absolute Gasteiger partial charge is 0.352 e. The van der Waals surface area contributed by atoms with Crippen LogP contribution in [0.25, 0.3) is 0 Å². The SMILES string of the molecule is C1CCOC(C2CCNCC2)OC1. The maximum atomic E-state index is 5.69. The summed E-state index contributed by atoms with van der Waals surface area (Å²) in [7, 11) is 0. The van der Waals surface area contributed by atoms with Gasteiger partial charge in [0.1, 0.15) is 0 Å². The zero-order valence-corrected chi connectivity index (χ0v) is 8.13. The third-order valence-corrected chi connectivity index (χ3v) is 2.87. The van der Waals surface area contributed by atoms with Crippen molar-refractivity contribution in [2.45, 2.75) is 32.0 Å². The van der Waals surface area contributed by atoms with Gasteiger partial charge in [-0.25, -0.2) is 0 Å². The molecule has 2 aliphatic heterocycles. The number of piperidine rings is 1. The predicted octanol–water partition coefficient (Wildman–Crippen LogP) is 1.14. The van der Waals surface area contributed by atoms with Crippen LogP contribution in [0.1, 0.15) is 25.7 Å². The summed E-state index contributed by atoms with van der Waals surface area (Å²) in [5.41, 5.74) is 0. The van der Waals surface area contributed by atoms with Crippen LogP contribution in [0.3, 0.4) is 0 Å². The van der Waals surface area contributed by atoms with Crippen LogP contribution in [-0.2, 0) is 9.47 Å². The van der Waals surface area contributed by atoms with Crippen molar-refractivity contribution >= 4 is 0 Å². The van der Waals surface area contributed by atoms with E-state index in [2.05, 4.69) is 5.32 Å². The number of hydrogen-bond acceptors (Lipinski definition) is 3. The molecule has 0 radical (unpaired) electrons. The Morgan fingerprint density at radius 2 is 1.54 bits per heavy atom. The summed E-state index contributed by atoms with van der Waals surface area (Å²) < 4.78 is 11.4. The van der Waals surface area contributed by atoms with Crippen LogP contribution < -0.4 is 5.32 Å². The fraction of sp³-hybridized carbons (Fsp3) is 1.00. The van der Waals surface area contributed by atoms with Crippen LogP contribution >= 0.6 is 0 Å². The molecule has 13 heavy (non-hydrogen) atoms. The average molecular weight is 185 g/mol. The first-order chi connectivity index (χ1) is 6.47. The summed E-state index contributed by atoms with van der Waals surface area (Å²) in [4.78, 5) is 0. The van der Waals surface area contributed by atoms with Crippen molar-refractivity contribution in [1.82, 2.24) is 5.32 Å². The van der Waals surface area contributed by atoms with Gasteiger partial charge in [0.05, 0.1) is 0 Å². The van der Waals surface area contributed by atoms with Crippen molar-refractivity contribution < 1.29 is 9.47 Å². The third-order valence-electron chi connectivity index (χ3n) is 2.87. The van der Waals surface area contributed by atoms with Gasteiger partial charge in [-0.2, -0.15) is 0 Å². The zero-order chi connectivity index (χ0) is 8.93. The molecule has 3 heteroatoms. The average Bonchev–Trinajstić information content (AvgIpc) is 2.47. The molecule has 2 rings (SSSR count). The molecule has 0 aromatic rings. The van der Waals surface area contributed by atoms with Crippen LogP contribution in [0.5, 0.6) is 0 Å². The van der Waals surface area contributed by atoms with E-state index >= 15 is 0 Å². The molecule has 0 aliphatic carbocycles. The van der Waals surface area contributed by atoms with E-state index in [1.165, 1.54) is 12.8 Å². The standard InChI is InChI=1S/C10H19NO2/c1-2-8-13-10(12-7-1)9-3-5-11-6-4-9/h9-11H,1-8H2. The summed E-state index contributed by atoms with van der Waals surface area (Å²) in [5.74, 6) is 0.624. The van der Waals surface area contributed by atoms with Gasteiger partial charge in [-0.05, 0) is 38.8 Å². The number of hydrogen-bond donors (Lipinski definition) is 1. The molecule has 0 amide bonds. The highest BCUT2D eigenvalue weighted by atomic mass is 16.7. The smallest absolute Gasteiger partial charge is 0.160 e. The molecule has 1 N–H and O–H groups in total. The molecule has 0 bridgehead atoms. The van der Waals surface area contributed by atoms with Crippen molar-refractivity contribution in [3.8, 4) is 0 Å². The summed E-state index contributed by atoms with van der Waals surface area (Å²) >= 11 is 0. The van der Waals surface area contributed by atoms with Crippen molar-refractivity contribution in [3.05, 3.63) is 0 Å². The zero-order valence-electron chi connectivity index (χ0n) is 8.13. The van der Waals surface area contributed by atoms with Gasteiger partial charge in [0, 0.05) is 19.1 Å². The Kier molecular flexibility index (Phi) is 3.58. The minimum Gasteiger partial charge on any atom is -0.352 e. The van der Waals surface area contributed by atoms with Gasteiger partial charge in [-0.3, -0.25) is 0 Å². The molecular formula is C10H19NO2. The van der Waals surface area contributed by atoms with E-state index in [9.17, 15) is 0 Å². The maximum absolute atomic E-state index is 5.69. The molecule has 0 aromatic carbocycles. The molecule has 2 aliphatic rings. The van der Waals surface area contributed by atoms with Crippen molar-refractivity contribution in [2.24, 2.45) is 5.92 Å². The second-order valence-corrected chi connectivity index (χ2v) is 3.90. The Morgan fingerprint density at radius 1 is 0.923 bits per heavy atom. The number of nitrogens with one attached hydrogen (secondary N) is 1. The van der Waals surface area contributed by atoms with E-state index < -0.39 is 0 Å². The summed E-state index contributed by atoms with van der Waals surface area (Å²) in [6.07, 6.45) is 4.79. The Balaban J connectivity index is 1.82. The van der Waals surface area contributed by atoms with Gasteiger partial charge in [-0.1, -0.05) is 0 Å². The summed E-state index contributed by atoms with van der Waals surface area (Å²) in [6.45, 7) is 4.00. The monoisotopic (exact) mass is 185 g/mol. The fourth-order valence-electron chi connectivity index (χ4n) is 2.04. The molecular weight excluding hydrogens is 166 g/mol. The van der Waals surface area contributed by atoms with Gasteiger partial charge < -0.3 is 14.8 Å². The number of rotatable bonds is 1. The second kappa shape index (κ2) is 4.94. The van der Waals surface area contributed by atoms with E-state index in [0.29, 0.717) is 5.92 Å². The van der Waals surface area contributed by atoms with Gasteiger partial charge in [-0.15, -0.1) is 0 Å². The first kappa shape index (κ1) is 9.44. The van der Waals surface area contributed by atoms with E-state index in [0.717, 1.165) is 39.1 Å². The van der Waals surface area contributed by atoms with Gasteiger partial charge in [0.15, 0.2) is 6.29 Å². The molecule has 0 unspecified atom stereocenters. The lowest BCUT2D eigenvalue weighted by Gasteiger charge is -2.29. The van der Waals surface area contributed by atoms with Crippen LogP contribution in [-0.4, -0.2) is 32.6 Å². The summed E-state index contributed by atoms with van der Waals surface area (Å²) in [5, 5.41) is 3.36. The van der Waals surface area contributed by atoms with Crippen molar-refractivity contribution in [3.63, 3.8) is 0 Å². The van der Waals surface area contributed by atoms with E-state index in [1.54, 1.807) is 0 Å². The third kappa shape index (κ3) is 2.66. The first-order valence-corrected chi connectivity index (χ1v) is 5.41. The van der Waals surface area contributed by atoms with Crippen LogP contribution in [0.4, 0.5) is 0 Å². The van der Waals surface area contributed by atoms with Gasteiger partial charge in [0.25, 0.3) is 0 Å².